The first kappa shape index (κ1) is 7.66. The fourth-order valence-corrected chi connectivity index (χ4v) is 0.394. The quantitative estimate of drug-likeness (QED) is 0.511. The zero-order chi connectivity index (χ0) is 6.24. The van der Waals surface area contributed by atoms with E-state index in [9.17, 15) is 0 Å². The maximum Gasteiger partial charge on any atom is 0.0465 e. The fourth-order valence-electron chi connectivity index (χ4n) is 0.394. The van der Waals surface area contributed by atoms with Crippen LogP contribution in [0.2, 0.25) is 0 Å². The van der Waals surface area contributed by atoms with Gasteiger partial charge in [0.25, 0.3) is 0 Å². The Morgan fingerprint density at radius 3 is 2.75 bits per heavy atom. The summed E-state index contributed by atoms with van der Waals surface area (Å²) in [7, 11) is 1.89. The molecule has 0 aromatic carbocycles. The van der Waals surface area contributed by atoms with E-state index in [4.69, 9.17) is 5.11 Å². The average molecular weight is 115 g/mol. The van der Waals surface area contributed by atoms with Gasteiger partial charge in [-0.1, -0.05) is 12.2 Å². The third-order valence-electron chi connectivity index (χ3n) is 0.784. The van der Waals surface area contributed by atoms with Gasteiger partial charge in [-0.05, 0) is 13.5 Å². The van der Waals surface area contributed by atoms with Crippen molar-refractivity contribution in [1.82, 2.24) is 5.32 Å². The summed E-state index contributed by atoms with van der Waals surface area (Å²) in [5.41, 5.74) is 0. The summed E-state index contributed by atoms with van der Waals surface area (Å²) in [6.07, 6.45) is 4.72. The lowest BCUT2D eigenvalue weighted by atomic mass is 10.4. The lowest BCUT2D eigenvalue weighted by Crippen LogP contribution is -2.03. The van der Waals surface area contributed by atoms with Crippen molar-refractivity contribution in [1.29, 1.82) is 0 Å². The maximum absolute atomic E-state index is 8.29. The first-order chi connectivity index (χ1) is 3.91. The summed E-state index contributed by atoms with van der Waals surface area (Å²) in [6.45, 7) is 1.14. The van der Waals surface area contributed by atoms with Crippen LogP contribution in [0.25, 0.3) is 0 Å². The highest BCUT2D eigenvalue weighted by Crippen LogP contribution is 1.77. The lowest BCUT2D eigenvalue weighted by Gasteiger charge is -1.86. The number of aliphatic hydroxyl groups is 1. The summed E-state index contributed by atoms with van der Waals surface area (Å²) in [5, 5.41) is 11.3. The summed E-state index contributed by atoms with van der Waals surface area (Å²) in [4.78, 5) is 0. The molecule has 0 heterocycles. The van der Waals surface area contributed by atoms with E-state index >= 15 is 0 Å². The molecule has 0 aliphatic rings. The van der Waals surface area contributed by atoms with Crippen molar-refractivity contribution in [2.24, 2.45) is 0 Å². The first-order valence-electron chi connectivity index (χ1n) is 2.82. The third kappa shape index (κ3) is 5.66. The first-order valence-corrected chi connectivity index (χ1v) is 2.82. The van der Waals surface area contributed by atoms with Gasteiger partial charge in [-0.2, -0.15) is 0 Å². The zero-order valence-electron chi connectivity index (χ0n) is 5.22. The van der Waals surface area contributed by atoms with Crippen LogP contribution >= 0.6 is 0 Å². The van der Waals surface area contributed by atoms with Gasteiger partial charge in [0.05, 0.1) is 0 Å². The minimum atomic E-state index is 0.250. The minimum Gasteiger partial charge on any atom is -0.396 e. The van der Waals surface area contributed by atoms with Gasteiger partial charge in [0.15, 0.2) is 0 Å². The molecule has 0 radical (unpaired) electrons. The number of hydrogen-bond donors (Lipinski definition) is 2. The van der Waals surface area contributed by atoms with Crippen LogP contribution < -0.4 is 5.32 Å². The predicted molar refractivity (Wildman–Crippen MR) is 34.8 cm³/mol. The Labute approximate surface area is 50.2 Å². The van der Waals surface area contributed by atoms with Gasteiger partial charge in [-0.25, -0.2) is 0 Å². The molecule has 0 aliphatic carbocycles. The molecule has 2 N–H and O–H groups in total. The van der Waals surface area contributed by atoms with Gasteiger partial charge in [-0.15, -0.1) is 0 Å². The highest BCUT2D eigenvalue weighted by Gasteiger charge is 1.71. The molecule has 8 heavy (non-hydrogen) atoms. The SMILES string of the molecule is CNC/C=C\CCO. The van der Waals surface area contributed by atoms with Gasteiger partial charge in [0.2, 0.25) is 0 Å². The Bertz CT molecular complexity index is 53.5. The van der Waals surface area contributed by atoms with Crippen LogP contribution in [0.1, 0.15) is 6.42 Å². The Morgan fingerprint density at radius 1 is 1.50 bits per heavy atom. The Hall–Kier alpha value is -0.340. The lowest BCUT2D eigenvalue weighted by molar-refractivity contribution is 0.302. The molecule has 0 spiro atoms. The number of nitrogens with one attached hydrogen (secondary N) is 1. The van der Waals surface area contributed by atoms with E-state index in [-0.39, 0.29) is 6.61 Å². The molecule has 0 rings (SSSR count). The molecule has 0 atom stereocenters. The molecule has 0 fully saturated rings. The van der Waals surface area contributed by atoms with Crippen molar-refractivity contribution < 1.29 is 5.11 Å². The van der Waals surface area contributed by atoms with Gasteiger partial charge in [0, 0.05) is 13.2 Å². The molecule has 2 heteroatoms. The summed E-state index contributed by atoms with van der Waals surface area (Å²) < 4.78 is 0. The molecule has 2 nitrogen and oxygen atoms in total. The molecular formula is C6H13NO. The van der Waals surface area contributed by atoms with Crippen LogP contribution in [0.4, 0.5) is 0 Å². The molecule has 0 aliphatic heterocycles. The highest BCUT2D eigenvalue weighted by molar-refractivity contribution is 4.82. The van der Waals surface area contributed by atoms with E-state index in [1.807, 2.05) is 19.2 Å². The minimum absolute atomic E-state index is 0.250. The van der Waals surface area contributed by atoms with Crippen molar-refractivity contribution in [2.45, 2.75) is 6.42 Å². The topological polar surface area (TPSA) is 32.3 Å². The highest BCUT2D eigenvalue weighted by atomic mass is 16.2. The van der Waals surface area contributed by atoms with E-state index in [1.165, 1.54) is 0 Å². The Balaban J connectivity index is 2.83. The van der Waals surface area contributed by atoms with Crippen molar-refractivity contribution in [3.63, 3.8) is 0 Å². The summed E-state index contributed by atoms with van der Waals surface area (Å²) >= 11 is 0. The van der Waals surface area contributed by atoms with E-state index in [0.29, 0.717) is 0 Å². The molecule has 0 aromatic heterocycles. The van der Waals surface area contributed by atoms with Crippen molar-refractivity contribution >= 4 is 0 Å². The fraction of sp³-hybridized carbons (Fsp3) is 0.667. The molecular weight excluding hydrogens is 102 g/mol. The van der Waals surface area contributed by atoms with Gasteiger partial charge >= 0.3 is 0 Å². The van der Waals surface area contributed by atoms with Gasteiger partial charge in [0.1, 0.15) is 0 Å². The maximum atomic E-state index is 8.29. The normalized spacial score (nSPS) is 10.8. The predicted octanol–water partition coefficient (Wildman–Crippen LogP) is 0.144. The number of hydrogen-bond acceptors (Lipinski definition) is 2. The van der Waals surface area contributed by atoms with E-state index in [0.717, 1.165) is 13.0 Å². The van der Waals surface area contributed by atoms with Crippen LogP contribution in [0.3, 0.4) is 0 Å². The van der Waals surface area contributed by atoms with Crippen LogP contribution in [0.15, 0.2) is 12.2 Å². The standard InChI is InChI=1S/C6H13NO/c1-7-5-3-2-4-6-8/h2-3,7-8H,4-6H2,1H3/b3-2-. The zero-order valence-corrected chi connectivity index (χ0v) is 5.22. The molecule has 0 saturated carbocycles. The van der Waals surface area contributed by atoms with Crippen molar-refractivity contribution in [3.05, 3.63) is 12.2 Å². The summed E-state index contributed by atoms with van der Waals surface area (Å²) in [5.74, 6) is 0. The third-order valence-corrected chi connectivity index (χ3v) is 0.784. The molecule has 0 saturated heterocycles. The summed E-state index contributed by atoms with van der Waals surface area (Å²) in [6, 6.07) is 0. The van der Waals surface area contributed by atoms with Crippen molar-refractivity contribution in [2.75, 3.05) is 20.2 Å². The van der Waals surface area contributed by atoms with Gasteiger partial charge in [-0.3, -0.25) is 0 Å². The van der Waals surface area contributed by atoms with Gasteiger partial charge < -0.3 is 10.4 Å². The number of aliphatic hydroxyl groups excluding tert-OH is 1. The molecule has 0 aromatic rings. The molecule has 48 valence electrons. The average Bonchev–Trinajstić information content (AvgIpc) is 1.81. The molecule has 0 unspecified atom stereocenters. The van der Waals surface area contributed by atoms with E-state index in [2.05, 4.69) is 5.32 Å². The molecule has 0 bridgehead atoms. The Morgan fingerprint density at radius 2 is 2.25 bits per heavy atom. The van der Waals surface area contributed by atoms with Crippen molar-refractivity contribution in [3.8, 4) is 0 Å². The Kier molecular flexibility index (Phi) is 6.38. The van der Waals surface area contributed by atoms with E-state index in [1.54, 1.807) is 0 Å². The van der Waals surface area contributed by atoms with E-state index < -0.39 is 0 Å². The second-order valence-corrected chi connectivity index (χ2v) is 1.54. The van der Waals surface area contributed by atoms with Crippen LogP contribution in [0.5, 0.6) is 0 Å². The van der Waals surface area contributed by atoms with Crippen LogP contribution in [0, 0.1) is 0 Å². The second kappa shape index (κ2) is 6.66. The number of likely N-dealkylation sites (N-methyl/N-ethyl adjacent to an activating group) is 1. The van der Waals surface area contributed by atoms with Crippen LogP contribution in [-0.4, -0.2) is 25.3 Å². The monoisotopic (exact) mass is 115 g/mol. The smallest absolute Gasteiger partial charge is 0.0465 e. The molecule has 0 amide bonds. The van der Waals surface area contributed by atoms with Crippen LogP contribution in [-0.2, 0) is 0 Å². The second-order valence-electron chi connectivity index (χ2n) is 1.54. The largest absolute Gasteiger partial charge is 0.396 e. The number of rotatable bonds is 4.